The highest BCUT2D eigenvalue weighted by molar-refractivity contribution is 5.78. The van der Waals surface area contributed by atoms with Crippen LogP contribution in [0.3, 0.4) is 0 Å². The largest absolute Gasteiger partial charge is 0.484 e. The molecule has 1 aliphatic heterocycles. The van der Waals surface area contributed by atoms with Gasteiger partial charge in [0.05, 0.1) is 0 Å². The Bertz CT molecular complexity index is 384. The van der Waals surface area contributed by atoms with E-state index in [4.69, 9.17) is 4.74 Å². The van der Waals surface area contributed by atoms with E-state index in [0.717, 1.165) is 38.1 Å². The molecular weight excluding hydrogens is 214 g/mol. The summed E-state index contributed by atoms with van der Waals surface area (Å²) in [6.07, 6.45) is 3.23. The fourth-order valence-electron chi connectivity index (χ4n) is 2.06. The number of carbonyl (C=O) groups excluding carboxylic acids is 1. The molecular formula is C14H19NO2. The zero-order chi connectivity index (χ0) is 12.1. The Labute approximate surface area is 102 Å². The van der Waals surface area contributed by atoms with Crippen molar-refractivity contribution in [3.05, 3.63) is 29.8 Å². The second-order valence-corrected chi connectivity index (χ2v) is 4.38. The quantitative estimate of drug-likeness (QED) is 0.798. The molecule has 0 atom stereocenters. The number of nitrogens with zero attached hydrogens (tertiary/aromatic N) is 1. The summed E-state index contributed by atoms with van der Waals surface area (Å²) >= 11 is 0. The first kappa shape index (κ1) is 12.0. The lowest BCUT2D eigenvalue weighted by Gasteiger charge is -2.15. The first-order valence-electron chi connectivity index (χ1n) is 6.29. The lowest BCUT2D eigenvalue weighted by Crippen LogP contribution is -2.32. The lowest BCUT2D eigenvalue weighted by atomic mass is 10.2. The minimum absolute atomic E-state index is 0.101. The molecule has 2 rings (SSSR count). The molecule has 0 bridgehead atoms. The Morgan fingerprint density at radius 1 is 1.35 bits per heavy atom. The van der Waals surface area contributed by atoms with Crippen LogP contribution in [0.2, 0.25) is 0 Å². The number of likely N-dealkylation sites (tertiary alicyclic amines) is 1. The van der Waals surface area contributed by atoms with Gasteiger partial charge in [-0.3, -0.25) is 4.79 Å². The molecule has 0 aliphatic carbocycles. The summed E-state index contributed by atoms with van der Waals surface area (Å²) in [4.78, 5) is 13.7. The van der Waals surface area contributed by atoms with Crippen LogP contribution in [0.25, 0.3) is 0 Å². The Kier molecular flexibility index (Phi) is 4.02. The maximum atomic E-state index is 11.8. The van der Waals surface area contributed by atoms with E-state index in [-0.39, 0.29) is 12.5 Å². The molecule has 0 aromatic heterocycles. The highest BCUT2D eigenvalue weighted by Crippen LogP contribution is 2.14. The van der Waals surface area contributed by atoms with Gasteiger partial charge >= 0.3 is 0 Å². The predicted octanol–water partition coefficient (Wildman–Crippen LogP) is 2.25. The van der Waals surface area contributed by atoms with Crippen molar-refractivity contribution in [3.63, 3.8) is 0 Å². The minimum atomic E-state index is 0.101. The van der Waals surface area contributed by atoms with Crippen molar-refractivity contribution in [2.45, 2.75) is 26.2 Å². The van der Waals surface area contributed by atoms with Gasteiger partial charge in [0.2, 0.25) is 0 Å². The summed E-state index contributed by atoms with van der Waals surface area (Å²) in [7, 11) is 0. The van der Waals surface area contributed by atoms with Crippen molar-refractivity contribution in [2.75, 3.05) is 19.7 Å². The summed E-state index contributed by atoms with van der Waals surface area (Å²) < 4.78 is 5.53. The number of aryl methyl sites for hydroxylation is 1. The first-order valence-corrected chi connectivity index (χ1v) is 6.29. The molecule has 1 saturated heterocycles. The van der Waals surface area contributed by atoms with Crippen LogP contribution in [0, 0.1) is 0 Å². The fraction of sp³-hybridized carbons (Fsp3) is 0.500. The van der Waals surface area contributed by atoms with Gasteiger partial charge < -0.3 is 9.64 Å². The van der Waals surface area contributed by atoms with Gasteiger partial charge in [0.25, 0.3) is 5.91 Å². The molecule has 0 radical (unpaired) electrons. The van der Waals surface area contributed by atoms with E-state index in [9.17, 15) is 4.79 Å². The Balaban J connectivity index is 1.86. The Morgan fingerprint density at radius 2 is 2.12 bits per heavy atom. The molecule has 1 fully saturated rings. The number of carbonyl (C=O) groups is 1. The third-order valence-electron chi connectivity index (χ3n) is 3.13. The van der Waals surface area contributed by atoms with Crippen LogP contribution >= 0.6 is 0 Å². The Morgan fingerprint density at radius 3 is 2.82 bits per heavy atom. The molecule has 3 heteroatoms. The number of amides is 1. The van der Waals surface area contributed by atoms with Crippen molar-refractivity contribution in [1.29, 1.82) is 0 Å². The topological polar surface area (TPSA) is 29.5 Å². The average molecular weight is 233 g/mol. The highest BCUT2D eigenvalue weighted by Gasteiger charge is 2.17. The summed E-state index contributed by atoms with van der Waals surface area (Å²) in [6.45, 7) is 4.04. The Hall–Kier alpha value is -1.51. The van der Waals surface area contributed by atoms with E-state index in [1.54, 1.807) is 0 Å². The average Bonchev–Trinajstić information content (AvgIpc) is 2.90. The van der Waals surface area contributed by atoms with E-state index in [1.165, 1.54) is 5.56 Å². The second-order valence-electron chi connectivity index (χ2n) is 4.38. The summed E-state index contributed by atoms with van der Waals surface area (Å²) in [5.74, 6) is 0.890. The van der Waals surface area contributed by atoms with Crippen LogP contribution in [0.4, 0.5) is 0 Å². The third-order valence-corrected chi connectivity index (χ3v) is 3.13. The van der Waals surface area contributed by atoms with Crippen LogP contribution in [-0.4, -0.2) is 30.5 Å². The van der Waals surface area contributed by atoms with Gasteiger partial charge in [0, 0.05) is 13.1 Å². The van der Waals surface area contributed by atoms with Gasteiger partial charge in [-0.25, -0.2) is 0 Å². The molecule has 17 heavy (non-hydrogen) atoms. The highest BCUT2D eigenvalue weighted by atomic mass is 16.5. The molecule has 1 amide bonds. The van der Waals surface area contributed by atoms with Crippen LogP contribution in [0.5, 0.6) is 5.75 Å². The van der Waals surface area contributed by atoms with Gasteiger partial charge in [-0.15, -0.1) is 0 Å². The summed E-state index contributed by atoms with van der Waals surface area (Å²) in [6, 6.07) is 7.93. The maximum absolute atomic E-state index is 11.8. The lowest BCUT2D eigenvalue weighted by molar-refractivity contribution is -0.132. The molecule has 0 N–H and O–H groups in total. The molecule has 1 aromatic rings. The molecule has 1 heterocycles. The normalized spacial score (nSPS) is 15.0. The van der Waals surface area contributed by atoms with Crippen LogP contribution in [-0.2, 0) is 11.2 Å². The predicted molar refractivity (Wildman–Crippen MR) is 67.1 cm³/mol. The number of hydrogen-bond donors (Lipinski definition) is 0. The van der Waals surface area contributed by atoms with Crippen LogP contribution in [0.1, 0.15) is 25.3 Å². The van der Waals surface area contributed by atoms with E-state index >= 15 is 0 Å². The third kappa shape index (κ3) is 3.22. The van der Waals surface area contributed by atoms with Crippen molar-refractivity contribution >= 4 is 5.91 Å². The van der Waals surface area contributed by atoms with Crippen molar-refractivity contribution in [1.82, 2.24) is 4.90 Å². The standard InChI is InChI=1S/C14H19NO2/c1-2-12-6-5-7-13(10-12)17-11-14(16)15-8-3-4-9-15/h5-7,10H,2-4,8-9,11H2,1H3. The van der Waals surface area contributed by atoms with E-state index < -0.39 is 0 Å². The molecule has 0 saturated carbocycles. The van der Waals surface area contributed by atoms with E-state index in [2.05, 4.69) is 13.0 Å². The zero-order valence-corrected chi connectivity index (χ0v) is 10.3. The second kappa shape index (κ2) is 5.71. The number of rotatable bonds is 4. The molecule has 92 valence electrons. The minimum Gasteiger partial charge on any atom is -0.484 e. The molecule has 0 unspecified atom stereocenters. The van der Waals surface area contributed by atoms with Gasteiger partial charge in [-0.2, -0.15) is 0 Å². The first-order chi connectivity index (χ1) is 8.29. The van der Waals surface area contributed by atoms with Crippen molar-refractivity contribution < 1.29 is 9.53 Å². The van der Waals surface area contributed by atoms with Gasteiger partial charge in [0.15, 0.2) is 6.61 Å². The molecule has 0 spiro atoms. The summed E-state index contributed by atoms with van der Waals surface area (Å²) in [5.41, 5.74) is 1.23. The van der Waals surface area contributed by atoms with Gasteiger partial charge in [0.1, 0.15) is 5.75 Å². The maximum Gasteiger partial charge on any atom is 0.260 e. The van der Waals surface area contributed by atoms with Crippen LogP contribution < -0.4 is 4.74 Å². The molecule has 1 aliphatic rings. The number of benzene rings is 1. The van der Waals surface area contributed by atoms with Crippen molar-refractivity contribution in [3.8, 4) is 5.75 Å². The smallest absolute Gasteiger partial charge is 0.260 e. The zero-order valence-electron chi connectivity index (χ0n) is 10.3. The summed E-state index contributed by atoms with van der Waals surface area (Å²) in [5, 5.41) is 0. The monoisotopic (exact) mass is 233 g/mol. The van der Waals surface area contributed by atoms with Crippen LogP contribution in [0.15, 0.2) is 24.3 Å². The number of hydrogen-bond acceptors (Lipinski definition) is 2. The SMILES string of the molecule is CCc1cccc(OCC(=O)N2CCCC2)c1. The van der Waals surface area contributed by atoms with E-state index in [1.807, 2.05) is 23.1 Å². The molecule has 1 aromatic carbocycles. The van der Waals surface area contributed by atoms with Crippen molar-refractivity contribution in [2.24, 2.45) is 0 Å². The van der Waals surface area contributed by atoms with E-state index in [0.29, 0.717) is 0 Å². The fourth-order valence-corrected chi connectivity index (χ4v) is 2.06. The molecule has 3 nitrogen and oxygen atoms in total. The van der Waals surface area contributed by atoms with Gasteiger partial charge in [-0.05, 0) is 37.0 Å². The number of ether oxygens (including phenoxy) is 1. The van der Waals surface area contributed by atoms with Gasteiger partial charge in [-0.1, -0.05) is 19.1 Å².